The van der Waals surface area contributed by atoms with E-state index in [0.29, 0.717) is 25.9 Å². The topological polar surface area (TPSA) is 82.1 Å². The number of carbonyl (C=O) groups is 1. The van der Waals surface area contributed by atoms with Crippen LogP contribution in [0.4, 0.5) is 4.79 Å². The fourth-order valence-corrected chi connectivity index (χ4v) is 6.00. The SMILES string of the molecule is CC(C)(C)OC(=O)N1CC(B2OC(C)(C)C(C)(C)O2)C2(CCS(=O)(=O)CC2)C1. The van der Waals surface area contributed by atoms with E-state index in [1.807, 2.05) is 48.5 Å². The molecule has 3 aliphatic rings. The van der Waals surface area contributed by atoms with Crippen LogP contribution in [-0.4, -0.2) is 67.9 Å². The second-order valence-corrected chi connectivity index (χ2v) is 12.9. The van der Waals surface area contributed by atoms with E-state index in [0.717, 1.165) is 0 Å². The average Bonchev–Trinajstić information content (AvgIpc) is 2.97. The maximum atomic E-state index is 12.7. The molecule has 0 N–H and O–H groups in total. The van der Waals surface area contributed by atoms with Gasteiger partial charge >= 0.3 is 13.2 Å². The van der Waals surface area contributed by atoms with Crippen molar-refractivity contribution in [2.45, 2.75) is 83.9 Å². The maximum Gasteiger partial charge on any atom is 0.463 e. The summed E-state index contributed by atoms with van der Waals surface area (Å²) in [6.45, 7) is 14.5. The van der Waals surface area contributed by atoms with Crippen molar-refractivity contribution in [2.24, 2.45) is 5.41 Å². The van der Waals surface area contributed by atoms with Crippen LogP contribution in [0.1, 0.15) is 61.3 Å². The van der Waals surface area contributed by atoms with Gasteiger partial charge in [0.05, 0.1) is 22.7 Å². The number of ether oxygens (including phenoxy) is 1. The summed E-state index contributed by atoms with van der Waals surface area (Å²) in [6, 6.07) is 0. The van der Waals surface area contributed by atoms with Gasteiger partial charge in [0.15, 0.2) is 0 Å². The zero-order valence-corrected chi connectivity index (χ0v) is 19.0. The van der Waals surface area contributed by atoms with E-state index < -0.39 is 33.8 Å². The van der Waals surface area contributed by atoms with E-state index in [-0.39, 0.29) is 28.8 Å². The highest BCUT2D eigenvalue weighted by Gasteiger charge is 2.62. The first-order valence-corrected chi connectivity index (χ1v) is 11.9. The fourth-order valence-electron chi connectivity index (χ4n) is 4.36. The van der Waals surface area contributed by atoms with Crippen LogP contribution >= 0.6 is 0 Å². The highest BCUT2D eigenvalue weighted by molar-refractivity contribution is 7.91. The molecule has 0 saturated carbocycles. The summed E-state index contributed by atoms with van der Waals surface area (Å²) in [4.78, 5) is 14.4. The molecule has 1 amide bonds. The molecule has 1 unspecified atom stereocenters. The summed E-state index contributed by atoms with van der Waals surface area (Å²) in [7, 11) is -3.50. The third kappa shape index (κ3) is 4.07. The van der Waals surface area contributed by atoms with Gasteiger partial charge in [-0.1, -0.05) is 0 Å². The summed E-state index contributed by atoms with van der Waals surface area (Å²) in [5, 5.41) is 0. The molecule has 28 heavy (non-hydrogen) atoms. The van der Waals surface area contributed by atoms with Gasteiger partial charge in [-0.05, 0) is 66.7 Å². The first-order valence-electron chi connectivity index (χ1n) is 10.1. The number of sulfone groups is 1. The Morgan fingerprint density at radius 2 is 1.57 bits per heavy atom. The van der Waals surface area contributed by atoms with Crippen molar-refractivity contribution in [3.63, 3.8) is 0 Å². The molecular formula is C19H34BNO6S. The molecule has 7 nitrogen and oxygen atoms in total. The lowest BCUT2D eigenvalue weighted by atomic mass is 9.56. The van der Waals surface area contributed by atoms with Crippen LogP contribution in [0.2, 0.25) is 5.82 Å². The Balaban J connectivity index is 1.86. The van der Waals surface area contributed by atoms with Crippen molar-refractivity contribution < 1.29 is 27.3 Å². The monoisotopic (exact) mass is 415 g/mol. The molecule has 3 saturated heterocycles. The smallest absolute Gasteiger partial charge is 0.444 e. The molecule has 0 aromatic rings. The molecule has 3 fully saturated rings. The van der Waals surface area contributed by atoms with Crippen LogP contribution in [0.15, 0.2) is 0 Å². The van der Waals surface area contributed by atoms with E-state index >= 15 is 0 Å². The summed E-state index contributed by atoms with van der Waals surface area (Å²) in [5.41, 5.74) is -1.86. The average molecular weight is 415 g/mol. The number of hydrogen-bond acceptors (Lipinski definition) is 6. The lowest BCUT2D eigenvalue weighted by molar-refractivity contribution is 0.00578. The number of hydrogen-bond donors (Lipinski definition) is 0. The summed E-state index contributed by atoms with van der Waals surface area (Å²) < 4.78 is 42.3. The lowest BCUT2D eigenvalue weighted by Gasteiger charge is -2.38. The van der Waals surface area contributed by atoms with Crippen molar-refractivity contribution >= 4 is 23.0 Å². The molecule has 0 radical (unpaired) electrons. The van der Waals surface area contributed by atoms with Gasteiger partial charge in [-0.3, -0.25) is 0 Å². The maximum absolute atomic E-state index is 12.7. The van der Waals surface area contributed by atoms with Gasteiger partial charge in [0, 0.05) is 18.9 Å². The van der Waals surface area contributed by atoms with Gasteiger partial charge in [0.1, 0.15) is 15.4 Å². The molecule has 3 heterocycles. The summed E-state index contributed by atoms with van der Waals surface area (Å²) >= 11 is 0. The van der Waals surface area contributed by atoms with Crippen LogP contribution in [0.3, 0.4) is 0 Å². The minimum Gasteiger partial charge on any atom is -0.444 e. The number of rotatable bonds is 1. The van der Waals surface area contributed by atoms with Crippen LogP contribution in [0, 0.1) is 5.41 Å². The van der Waals surface area contributed by atoms with Crippen molar-refractivity contribution in [1.29, 1.82) is 0 Å². The van der Waals surface area contributed by atoms with E-state index in [1.54, 1.807) is 4.90 Å². The van der Waals surface area contributed by atoms with E-state index in [1.165, 1.54) is 0 Å². The summed E-state index contributed by atoms with van der Waals surface area (Å²) in [5.74, 6) is 0.202. The normalized spacial score (nSPS) is 30.6. The Hall–Kier alpha value is -0.795. The molecule has 0 bridgehead atoms. The molecule has 1 atom stereocenters. The third-order valence-corrected chi connectivity index (χ3v) is 8.44. The van der Waals surface area contributed by atoms with Crippen LogP contribution in [0.25, 0.3) is 0 Å². The van der Waals surface area contributed by atoms with Gasteiger partial charge in [0.25, 0.3) is 0 Å². The molecule has 0 aliphatic carbocycles. The number of amides is 1. The zero-order chi connectivity index (χ0) is 21.2. The first-order chi connectivity index (χ1) is 12.6. The second kappa shape index (κ2) is 6.60. The van der Waals surface area contributed by atoms with Crippen LogP contribution < -0.4 is 0 Å². The molecule has 0 aromatic heterocycles. The van der Waals surface area contributed by atoms with Crippen LogP contribution in [0.5, 0.6) is 0 Å². The largest absolute Gasteiger partial charge is 0.463 e. The Bertz CT molecular complexity index is 712. The Morgan fingerprint density at radius 3 is 2.04 bits per heavy atom. The third-order valence-electron chi connectivity index (χ3n) is 6.78. The highest BCUT2D eigenvalue weighted by atomic mass is 32.2. The van der Waals surface area contributed by atoms with E-state index in [4.69, 9.17) is 14.0 Å². The number of likely N-dealkylation sites (tertiary alicyclic amines) is 1. The quantitative estimate of drug-likeness (QED) is 0.613. The van der Waals surface area contributed by atoms with Crippen molar-refractivity contribution in [3.05, 3.63) is 0 Å². The minimum atomic E-state index is -3.02. The van der Waals surface area contributed by atoms with Crippen LogP contribution in [-0.2, 0) is 23.9 Å². The number of carbonyl (C=O) groups excluding carboxylic acids is 1. The predicted octanol–water partition coefficient (Wildman–Crippen LogP) is 2.89. The molecular weight excluding hydrogens is 381 g/mol. The van der Waals surface area contributed by atoms with Gasteiger partial charge in [-0.25, -0.2) is 13.2 Å². The second-order valence-electron chi connectivity index (χ2n) is 10.6. The van der Waals surface area contributed by atoms with E-state index in [2.05, 4.69) is 0 Å². The van der Waals surface area contributed by atoms with Crippen molar-refractivity contribution in [2.75, 3.05) is 24.6 Å². The summed E-state index contributed by atoms with van der Waals surface area (Å²) in [6.07, 6.45) is 0.673. The van der Waals surface area contributed by atoms with Crippen molar-refractivity contribution in [3.8, 4) is 0 Å². The number of nitrogens with zero attached hydrogens (tertiary/aromatic N) is 1. The molecule has 0 aromatic carbocycles. The lowest BCUT2D eigenvalue weighted by Crippen LogP contribution is -2.43. The Kier molecular flexibility index (Phi) is 5.17. The molecule has 9 heteroatoms. The standard InChI is InChI=1S/C19H34BNO6S/c1-16(2,3)25-15(22)21-12-14(20-26-17(4,5)18(6,7)27-20)19(13-21)8-10-28(23,24)11-9-19/h14H,8-13H2,1-7H3. The highest BCUT2D eigenvalue weighted by Crippen LogP contribution is 2.54. The van der Waals surface area contributed by atoms with E-state index in [9.17, 15) is 13.2 Å². The molecule has 3 aliphatic heterocycles. The van der Waals surface area contributed by atoms with Gasteiger partial charge < -0.3 is 18.9 Å². The fraction of sp³-hybridized carbons (Fsp3) is 0.947. The van der Waals surface area contributed by atoms with Gasteiger partial charge in [-0.2, -0.15) is 0 Å². The predicted molar refractivity (Wildman–Crippen MR) is 108 cm³/mol. The van der Waals surface area contributed by atoms with Crippen molar-refractivity contribution in [1.82, 2.24) is 4.90 Å². The molecule has 1 spiro atoms. The molecule has 160 valence electrons. The first kappa shape index (κ1) is 21.9. The Labute approximate surface area is 169 Å². The zero-order valence-electron chi connectivity index (χ0n) is 18.2. The molecule has 3 rings (SSSR count). The Morgan fingerprint density at radius 1 is 1.07 bits per heavy atom. The van der Waals surface area contributed by atoms with Gasteiger partial charge in [0.2, 0.25) is 0 Å². The van der Waals surface area contributed by atoms with Gasteiger partial charge in [-0.15, -0.1) is 0 Å². The minimum absolute atomic E-state index is 0.0865.